The summed E-state index contributed by atoms with van der Waals surface area (Å²) >= 11 is 0. The molecule has 19 heavy (non-hydrogen) atoms. The zero-order chi connectivity index (χ0) is 14.6. The third-order valence-corrected chi connectivity index (χ3v) is 2.58. The summed E-state index contributed by atoms with van der Waals surface area (Å²) in [5.41, 5.74) is -0.0178. The van der Waals surface area contributed by atoms with E-state index in [2.05, 4.69) is 9.99 Å². The summed E-state index contributed by atoms with van der Waals surface area (Å²) in [6.07, 6.45) is 0.0237. The molecule has 7 heteroatoms. The van der Waals surface area contributed by atoms with Crippen molar-refractivity contribution in [2.75, 3.05) is 13.7 Å². The summed E-state index contributed by atoms with van der Waals surface area (Å²) in [4.78, 5) is 29.1. The Morgan fingerprint density at radius 3 is 2.53 bits per heavy atom. The Balaban J connectivity index is 2.80. The Morgan fingerprint density at radius 1 is 1.42 bits per heavy atom. The SMILES string of the molecule is CO/N=C1/CCN(C(=O)OC(C)(C)C)[C@H](C(=O)O)C1. The van der Waals surface area contributed by atoms with Crippen LogP contribution in [0.4, 0.5) is 4.79 Å². The van der Waals surface area contributed by atoms with Gasteiger partial charge >= 0.3 is 12.1 Å². The topological polar surface area (TPSA) is 88.4 Å². The Bertz CT molecular complexity index is 386. The highest BCUT2D eigenvalue weighted by Crippen LogP contribution is 2.19. The van der Waals surface area contributed by atoms with E-state index in [1.165, 1.54) is 12.0 Å². The van der Waals surface area contributed by atoms with Gasteiger partial charge in [0.1, 0.15) is 18.8 Å². The van der Waals surface area contributed by atoms with Gasteiger partial charge in [0.15, 0.2) is 0 Å². The summed E-state index contributed by atoms with van der Waals surface area (Å²) in [5, 5.41) is 13.0. The van der Waals surface area contributed by atoms with E-state index in [4.69, 9.17) is 4.74 Å². The highest BCUT2D eigenvalue weighted by molar-refractivity contribution is 5.93. The molecule has 7 nitrogen and oxygen atoms in total. The van der Waals surface area contributed by atoms with Gasteiger partial charge in [-0.3, -0.25) is 4.90 Å². The molecular weight excluding hydrogens is 252 g/mol. The Kier molecular flexibility index (Phi) is 4.74. The number of hydrogen-bond acceptors (Lipinski definition) is 5. The fourth-order valence-corrected chi connectivity index (χ4v) is 1.81. The minimum absolute atomic E-state index is 0.155. The van der Waals surface area contributed by atoms with Crippen molar-refractivity contribution in [1.82, 2.24) is 4.90 Å². The van der Waals surface area contributed by atoms with Crippen LogP contribution < -0.4 is 0 Å². The van der Waals surface area contributed by atoms with Crippen LogP contribution in [-0.4, -0.2) is 53.1 Å². The molecule has 0 aliphatic carbocycles. The van der Waals surface area contributed by atoms with Crippen molar-refractivity contribution in [3.8, 4) is 0 Å². The van der Waals surface area contributed by atoms with Gasteiger partial charge < -0.3 is 14.7 Å². The lowest BCUT2D eigenvalue weighted by atomic mass is 10.0. The van der Waals surface area contributed by atoms with Crippen LogP contribution >= 0.6 is 0 Å². The number of carboxylic acid groups (broad SMARTS) is 1. The molecule has 1 saturated heterocycles. The van der Waals surface area contributed by atoms with Crippen LogP contribution in [0.2, 0.25) is 0 Å². The summed E-state index contributed by atoms with van der Waals surface area (Å²) < 4.78 is 5.21. The van der Waals surface area contributed by atoms with Gasteiger partial charge in [-0.25, -0.2) is 9.59 Å². The van der Waals surface area contributed by atoms with Crippen molar-refractivity contribution >= 4 is 17.8 Å². The molecule has 0 spiro atoms. The van der Waals surface area contributed by atoms with Crippen molar-refractivity contribution in [2.24, 2.45) is 5.16 Å². The number of amides is 1. The lowest BCUT2D eigenvalue weighted by Crippen LogP contribution is -2.51. The molecule has 1 rings (SSSR count). The van der Waals surface area contributed by atoms with Gasteiger partial charge in [-0.15, -0.1) is 0 Å². The second-order valence-corrected chi connectivity index (χ2v) is 5.32. The number of carbonyl (C=O) groups excluding carboxylic acids is 1. The van der Waals surface area contributed by atoms with Gasteiger partial charge in [-0.2, -0.15) is 0 Å². The number of ether oxygens (including phenoxy) is 1. The van der Waals surface area contributed by atoms with Gasteiger partial charge in [0, 0.05) is 19.4 Å². The van der Waals surface area contributed by atoms with Gasteiger partial charge in [-0.05, 0) is 20.8 Å². The van der Waals surface area contributed by atoms with Crippen LogP contribution in [0.1, 0.15) is 33.6 Å². The first-order valence-electron chi connectivity index (χ1n) is 6.06. The number of aliphatic carboxylic acids is 1. The first-order valence-corrected chi connectivity index (χ1v) is 6.06. The van der Waals surface area contributed by atoms with Crippen LogP contribution in [-0.2, 0) is 14.4 Å². The first kappa shape index (κ1) is 15.3. The minimum atomic E-state index is -1.07. The van der Waals surface area contributed by atoms with Crippen molar-refractivity contribution in [2.45, 2.75) is 45.3 Å². The van der Waals surface area contributed by atoms with Gasteiger partial charge in [0.05, 0.1) is 5.71 Å². The fourth-order valence-electron chi connectivity index (χ4n) is 1.81. The van der Waals surface area contributed by atoms with Crippen LogP contribution in [0.25, 0.3) is 0 Å². The molecular formula is C12H20N2O5. The number of rotatable bonds is 2. The average molecular weight is 272 g/mol. The van der Waals surface area contributed by atoms with Crippen LogP contribution in [0.15, 0.2) is 5.16 Å². The average Bonchev–Trinajstić information content (AvgIpc) is 2.26. The van der Waals surface area contributed by atoms with E-state index < -0.39 is 23.7 Å². The van der Waals surface area contributed by atoms with E-state index in [-0.39, 0.29) is 13.0 Å². The third-order valence-electron chi connectivity index (χ3n) is 2.58. The maximum absolute atomic E-state index is 12.0. The van der Waals surface area contributed by atoms with Crippen molar-refractivity contribution in [1.29, 1.82) is 0 Å². The molecule has 1 aliphatic rings. The monoisotopic (exact) mass is 272 g/mol. The fraction of sp³-hybridized carbons (Fsp3) is 0.750. The molecule has 0 saturated carbocycles. The number of likely N-dealkylation sites (tertiary alicyclic amines) is 1. The van der Waals surface area contributed by atoms with Crippen molar-refractivity contribution in [3.63, 3.8) is 0 Å². The largest absolute Gasteiger partial charge is 0.480 e. The van der Waals surface area contributed by atoms with Crippen molar-refractivity contribution in [3.05, 3.63) is 0 Å². The summed E-state index contributed by atoms with van der Waals surface area (Å²) in [5.74, 6) is -1.07. The minimum Gasteiger partial charge on any atom is -0.480 e. The standard InChI is InChI=1S/C12H20N2O5/c1-12(2,3)19-11(17)14-6-5-8(13-18-4)7-9(14)10(15)16/h9H,5-7H2,1-4H3,(H,15,16)/b13-8-/t9-/m0/s1. The van der Waals surface area contributed by atoms with E-state index >= 15 is 0 Å². The van der Waals surface area contributed by atoms with E-state index in [0.717, 1.165) is 0 Å². The van der Waals surface area contributed by atoms with Crippen molar-refractivity contribution < 1.29 is 24.3 Å². The molecule has 1 heterocycles. The van der Waals surface area contributed by atoms with E-state index in [1.807, 2.05) is 0 Å². The van der Waals surface area contributed by atoms with Gasteiger partial charge in [0.25, 0.3) is 0 Å². The Labute approximate surface area is 112 Å². The highest BCUT2D eigenvalue weighted by Gasteiger charge is 2.37. The zero-order valence-electron chi connectivity index (χ0n) is 11.7. The first-order chi connectivity index (χ1) is 8.74. The summed E-state index contributed by atoms with van der Waals surface area (Å²) in [6.45, 7) is 5.47. The quantitative estimate of drug-likeness (QED) is 0.769. The summed E-state index contributed by atoms with van der Waals surface area (Å²) in [7, 11) is 1.41. The maximum Gasteiger partial charge on any atom is 0.411 e. The van der Waals surface area contributed by atoms with Crippen LogP contribution in [0.3, 0.4) is 0 Å². The molecule has 0 bridgehead atoms. The lowest BCUT2D eigenvalue weighted by molar-refractivity contribution is -0.143. The number of oxime groups is 1. The molecule has 0 radical (unpaired) electrons. The van der Waals surface area contributed by atoms with E-state index in [1.54, 1.807) is 20.8 Å². The molecule has 1 N–H and O–H groups in total. The number of nitrogens with zero attached hydrogens (tertiary/aromatic N) is 2. The number of carboxylic acids is 1. The normalized spacial score (nSPS) is 22.2. The number of piperidine rings is 1. The Hall–Kier alpha value is -1.79. The third kappa shape index (κ3) is 4.42. The van der Waals surface area contributed by atoms with Gasteiger partial charge in [-0.1, -0.05) is 5.16 Å². The molecule has 0 aromatic carbocycles. The zero-order valence-corrected chi connectivity index (χ0v) is 11.7. The predicted octanol–water partition coefficient (Wildman–Crippen LogP) is 1.47. The predicted molar refractivity (Wildman–Crippen MR) is 68.0 cm³/mol. The van der Waals surface area contributed by atoms with E-state index in [0.29, 0.717) is 12.1 Å². The second-order valence-electron chi connectivity index (χ2n) is 5.32. The maximum atomic E-state index is 12.0. The van der Waals surface area contributed by atoms with Gasteiger partial charge in [0.2, 0.25) is 0 Å². The molecule has 1 atom stereocenters. The smallest absolute Gasteiger partial charge is 0.411 e. The second kappa shape index (κ2) is 5.90. The Morgan fingerprint density at radius 2 is 2.05 bits per heavy atom. The molecule has 108 valence electrons. The number of hydrogen-bond donors (Lipinski definition) is 1. The highest BCUT2D eigenvalue weighted by atomic mass is 16.6. The van der Waals surface area contributed by atoms with Crippen LogP contribution in [0, 0.1) is 0 Å². The van der Waals surface area contributed by atoms with E-state index in [9.17, 15) is 14.7 Å². The molecule has 1 amide bonds. The molecule has 1 aliphatic heterocycles. The lowest BCUT2D eigenvalue weighted by Gasteiger charge is -2.34. The molecule has 1 fully saturated rings. The number of carbonyl (C=O) groups is 2. The van der Waals surface area contributed by atoms with Crippen LogP contribution in [0.5, 0.6) is 0 Å². The molecule has 0 aromatic rings. The summed E-state index contributed by atoms with van der Waals surface area (Å²) in [6, 6.07) is -0.961. The molecule has 0 unspecified atom stereocenters. The molecule has 0 aromatic heterocycles.